The van der Waals surface area contributed by atoms with Gasteiger partial charge < -0.3 is 35.6 Å². The van der Waals surface area contributed by atoms with E-state index in [9.17, 15) is 29.8 Å². The van der Waals surface area contributed by atoms with Gasteiger partial charge in [-0.05, 0) is 6.42 Å². The minimum absolute atomic E-state index is 0.0410. The summed E-state index contributed by atoms with van der Waals surface area (Å²) < 4.78 is 4.83. The second kappa shape index (κ2) is 23.3. The molecule has 6 N–H and O–H groups in total. The standard InChI is InChI=1S/C16H32O2.C9H16ClN3O7/c1-2-3-4-5-6-7-8-9-10-11-12-13-14-15-16(17)18;10-1-2-13(12-19)9(18)11-5-7(16)6(15)4(3-14)20-8(5)17/h2-15H2,1H3,(H,17,18);4-8,14-17H,1-3H2,(H,11,18)/t;4-,5-,6-,7-,8?/m.1/s1. The van der Waals surface area contributed by atoms with E-state index in [0.717, 1.165) is 12.8 Å². The molecule has 38 heavy (non-hydrogen) atoms. The van der Waals surface area contributed by atoms with Crippen LogP contribution in [0.15, 0.2) is 5.29 Å². The zero-order chi connectivity index (χ0) is 28.8. The molecule has 5 atom stereocenters. The number of rotatable bonds is 19. The highest BCUT2D eigenvalue weighted by molar-refractivity contribution is 6.18. The first-order chi connectivity index (χ1) is 18.2. The van der Waals surface area contributed by atoms with Gasteiger partial charge in [-0.2, -0.15) is 5.01 Å². The van der Waals surface area contributed by atoms with Crippen LogP contribution in [0.2, 0.25) is 0 Å². The summed E-state index contributed by atoms with van der Waals surface area (Å²) in [4.78, 5) is 32.4. The third kappa shape index (κ3) is 16.4. The molecule has 224 valence electrons. The summed E-state index contributed by atoms with van der Waals surface area (Å²) in [5.74, 6) is -0.696. The highest BCUT2D eigenvalue weighted by Gasteiger charge is 2.44. The van der Waals surface area contributed by atoms with Crippen LogP contribution in [0.5, 0.6) is 0 Å². The van der Waals surface area contributed by atoms with Gasteiger partial charge in [0.05, 0.1) is 18.4 Å². The molecule has 0 bridgehead atoms. The Bertz CT molecular complexity index is 633. The maximum Gasteiger partial charge on any atom is 0.340 e. The highest BCUT2D eigenvalue weighted by atomic mass is 35.5. The maximum atomic E-state index is 11.6. The van der Waals surface area contributed by atoms with Crippen molar-refractivity contribution in [3.8, 4) is 0 Å². The van der Waals surface area contributed by atoms with Crippen molar-refractivity contribution in [3.05, 3.63) is 4.91 Å². The molecule has 2 amide bonds. The largest absolute Gasteiger partial charge is 0.481 e. The molecule has 1 fully saturated rings. The van der Waals surface area contributed by atoms with E-state index in [1.54, 1.807) is 0 Å². The first-order valence-corrected chi connectivity index (χ1v) is 14.3. The van der Waals surface area contributed by atoms with Crippen LogP contribution in [0.1, 0.15) is 96.8 Å². The fourth-order valence-corrected chi connectivity index (χ4v) is 4.18. The van der Waals surface area contributed by atoms with Crippen LogP contribution in [-0.4, -0.2) is 92.2 Å². The van der Waals surface area contributed by atoms with Crippen molar-refractivity contribution in [3.63, 3.8) is 0 Å². The van der Waals surface area contributed by atoms with Crippen molar-refractivity contribution in [2.75, 3.05) is 19.0 Å². The van der Waals surface area contributed by atoms with Crippen LogP contribution in [0, 0.1) is 4.91 Å². The van der Waals surface area contributed by atoms with Crippen LogP contribution < -0.4 is 5.32 Å². The number of nitroso groups, excluding NO2 is 1. The fourth-order valence-electron chi connectivity index (χ4n) is 4.02. The minimum Gasteiger partial charge on any atom is -0.481 e. The Morgan fingerprint density at radius 2 is 1.39 bits per heavy atom. The molecule has 1 heterocycles. The van der Waals surface area contributed by atoms with E-state index in [0.29, 0.717) is 11.4 Å². The number of nitrogens with one attached hydrogen (secondary N) is 1. The predicted octanol–water partition coefficient (Wildman–Crippen LogP) is 3.27. The minimum atomic E-state index is -1.67. The van der Waals surface area contributed by atoms with Gasteiger partial charge in [-0.3, -0.25) is 4.79 Å². The molecule has 0 radical (unpaired) electrons. The molecule has 1 aliphatic rings. The number of alkyl halides is 1. The van der Waals surface area contributed by atoms with Crippen molar-refractivity contribution in [2.24, 2.45) is 5.29 Å². The van der Waals surface area contributed by atoms with E-state index in [1.807, 2.05) is 0 Å². The molecule has 1 rings (SSSR count). The Labute approximate surface area is 230 Å². The molecule has 1 unspecified atom stereocenters. The Hall–Kier alpha value is -1.57. The van der Waals surface area contributed by atoms with Gasteiger partial charge in [0.2, 0.25) is 0 Å². The third-order valence-electron chi connectivity index (χ3n) is 6.31. The average molecular weight is 570 g/mol. The summed E-state index contributed by atoms with van der Waals surface area (Å²) in [6.07, 6.45) is 11.3. The van der Waals surface area contributed by atoms with Crippen molar-refractivity contribution in [1.82, 2.24) is 10.3 Å². The van der Waals surface area contributed by atoms with Crippen LogP contribution in [-0.2, 0) is 9.53 Å². The van der Waals surface area contributed by atoms with Crippen molar-refractivity contribution < 1.29 is 39.9 Å². The molecule has 1 aliphatic heterocycles. The van der Waals surface area contributed by atoms with Gasteiger partial charge in [-0.25, -0.2) is 4.79 Å². The normalized spacial score (nSPS) is 22.7. The summed E-state index contributed by atoms with van der Waals surface area (Å²) in [6, 6.07) is -2.40. The number of halogens is 1. The molecule has 12 nitrogen and oxygen atoms in total. The van der Waals surface area contributed by atoms with Crippen LogP contribution in [0.25, 0.3) is 0 Å². The zero-order valence-corrected chi connectivity index (χ0v) is 23.3. The van der Waals surface area contributed by atoms with Crippen LogP contribution >= 0.6 is 11.6 Å². The van der Waals surface area contributed by atoms with E-state index in [4.69, 9.17) is 26.6 Å². The fraction of sp³-hybridized carbons (Fsp3) is 0.920. The Morgan fingerprint density at radius 1 is 0.895 bits per heavy atom. The number of aliphatic carboxylic acids is 1. The number of amides is 2. The molecule has 0 saturated carbocycles. The van der Waals surface area contributed by atoms with Gasteiger partial charge in [0.25, 0.3) is 0 Å². The molecule has 0 aromatic carbocycles. The maximum absolute atomic E-state index is 11.6. The van der Waals surface area contributed by atoms with Gasteiger partial charge in [-0.1, -0.05) is 84.0 Å². The number of carbonyl (C=O) groups is 2. The Balaban J connectivity index is 0.000000726. The van der Waals surface area contributed by atoms with Crippen LogP contribution in [0.3, 0.4) is 0 Å². The number of hydrogen-bond acceptors (Lipinski definition) is 9. The monoisotopic (exact) mass is 569 g/mol. The molecule has 0 aromatic rings. The van der Waals surface area contributed by atoms with Crippen molar-refractivity contribution >= 4 is 23.6 Å². The van der Waals surface area contributed by atoms with E-state index >= 15 is 0 Å². The zero-order valence-electron chi connectivity index (χ0n) is 22.5. The average Bonchev–Trinajstić information content (AvgIpc) is 2.90. The van der Waals surface area contributed by atoms with E-state index < -0.39 is 49.3 Å². The molecule has 0 spiro atoms. The number of ether oxygens (including phenoxy) is 1. The Kier molecular flexibility index (Phi) is 22.4. The second-order valence-corrected chi connectivity index (χ2v) is 9.86. The number of unbranched alkanes of at least 4 members (excludes halogenated alkanes) is 12. The summed E-state index contributed by atoms with van der Waals surface area (Å²) in [5.41, 5.74) is 0. The molecular formula is C25H48ClN3O9. The summed E-state index contributed by atoms with van der Waals surface area (Å²) in [6.45, 7) is 1.47. The lowest BCUT2D eigenvalue weighted by Crippen LogP contribution is -2.65. The summed E-state index contributed by atoms with van der Waals surface area (Å²) in [5, 5.41) is 51.4. The molecule has 13 heteroatoms. The van der Waals surface area contributed by atoms with Gasteiger partial charge in [-0.15, -0.1) is 16.5 Å². The van der Waals surface area contributed by atoms with Crippen molar-refractivity contribution in [2.45, 2.75) is 127 Å². The van der Waals surface area contributed by atoms with Crippen LogP contribution in [0.4, 0.5) is 4.79 Å². The summed E-state index contributed by atoms with van der Waals surface area (Å²) >= 11 is 5.37. The SMILES string of the molecule is CCCCCCCCCCCCCCCC(=O)O.O=NN(CCCl)C(=O)N[C@H]1C(O)O[C@H](CO)[C@@H](O)[C@@H]1O. The molecule has 1 saturated heterocycles. The number of hydrogen-bond donors (Lipinski definition) is 6. The number of carboxylic acids is 1. The second-order valence-electron chi connectivity index (χ2n) is 9.48. The van der Waals surface area contributed by atoms with Gasteiger partial charge in [0.1, 0.15) is 24.4 Å². The lowest BCUT2D eigenvalue weighted by atomic mass is 9.97. The van der Waals surface area contributed by atoms with E-state index in [-0.39, 0.29) is 12.4 Å². The molecule has 0 aromatic heterocycles. The molecular weight excluding hydrogens is 522 g/mol. The first-order valence-electron chi connectivity index (χ1n) is 13.7. The molecule has 0 aliphatic carbocycles. The Morgan fingerprint density at radius 3 is 1.82 bits per heavy atom. The smallest absolute Gasteiger partial charge is 0.340 e. The third-order valence-corrected chi connectivity index (χ3v) is 6.48. The number of aliphatic hydroxyl groups is 4. The number of aliphatic hydroxyl groups excluding tert-OH is 4. The number of urea groups is 1. The lowest BCUT2D eigenvalue weighted by molar-refractivity contribution is -0.252. The van der Waals surface area contributed by atoms with Gasteiger partial charge in [0, 0.05) is 12.3 Å². The van der Waals surface area contributed by atoms with E-state index in [2.05, 4.69) is 17.5 Å². The van der Waals surface area contributed by atoms with Crippen molar-refractivity contribution in [1.29, 1.82) is 0 Å². The predicted molar refractivity (Wildman–Crippen MR) is 143 cm³/mol. The first kappa shape index (κ1) is 36.4. The topological polar surface area (TPSA) is 189 Å². The number of carbonyl (C=O) groups excluding carboxylic acids is 1. The van der Waals surface area contributed by atoms with Gasteiger partial charge >= 0.3 is 12.0 Å². The highest BCUT2D eigenvalue weighted by Crippen LogP contribution is 2.20. The number of nitrogens with zero attached hydrogens (tertiary/aromatic N) is 2. The van der Waals surface area contributed by atoms with E-state index in [1.165, 1.54) is 70.6 Å². The van der Waals surface area contributed by atoms with Gasteiger partial charge in [0.15, 0.2) is 6.29 Å². The quantitative estimate of drug-likeness (QED) is 0.0586. The summed E-state index contributed by atoms with van der Waals surface area (Å²) in [7, 11) is 0. The lowest BCUT2D eigenvalue weighted by Gasteiger charge is -2.40. The number of carboxylic acid groups (broad SMARTS) is 1.